The highest BCUT2D eigenvalue weighted by Crippen LogP contribution is 2.18. The molecule has 140 valence electrons. The molecule has 0 radical (unpaired) electrons. The van der Waals surface area contributed by atoms with E-state index in [0.29, 0.717) is 12.2 Å². The highest BCUT2D eigenvalue weighted by molar-refractivity contribution is 5.86. The summed E-state index contributed by atoms with van der Waals surface area (Å²) in [5, 5.41) is 14.4. The molecule has 1 aromatic carbocycles. The fourth-order valence-corrected chi connectivity index (χ4v) is 1.76. The molecule has 1 aromatic rings. The number of carboxylic acid groups (broad SMARTS) is 2. The van der Waals surface area contributed by atoms with Gasteiger partial charge in [-0.15, -0.1) is 0 Å². The summed E-state index contributed by atoms with van der Waals surface area (Å²) < 4.78 is 5.12. The number of ether oxygens (including phenoxy) is 1. The number of benzene rings is 1. The third kappa shape index (κ3) is 13.1. The van der Waals surface area contributed by atoms with Crippen molar-refractivity contribution in [2.75, 3.05) is 6.61 Å². The van der Waals surface area contributed by atoms with Crippen molar-refractivity contribution >= 4 is 18.2 Å². The van der Waals surface area contributed by atoms with E-state index in [9.17, 15) is 4.79 Å². The lowest BCUT2D eigenvalue weighted by Gasteiger charge is -2.12. The van der Waals surface area contributed by atoms with Gasteiger partial charge in [-0.3, -0.25) is 0 Å². The minimum Gasteiger partial charge on any atom is -0.465 e. The molecule has 6 N–H and O–H groups in total. The summed E-state index contributed by atoms with van der Waals surface area (Å²) in [4.78, 5) is 28.8. The van der Waals surface area contributed by atoms with Gasteiger partial charge in [-0.1, -0.05) is 18.7 Å². The van der Waals surface area contributed by atoms with Crippen LogP contribution in [0.5, 0.6) is 0 Å². The number of amides is 2. The molecule has 0 fully saturated rings. The Labute approximate surface area is 147 Å². The lowest BCUT2D eigenvalue weighted by molar-refractivity contribution is -0.138. The summed E-state index contributed by atoms with van der Waals surface area (Å²) in [6.07, 6.45) is -1.90. The third-order valence-electron chi connectivity index (χ3n) is 3.04. The third-order valence-corrected chi connectivity index (χ3v) is 3.04. The van der Waals surface area contributed by atoms with E-state index in [4.69, 9.17) is 24.5 Å². The molecule has 0 aliphatic carbocycles. The summed E-state index contributed by atoms with van der Waals surface area (Å²) in [7, 11) is 0. The summed E-state index contributed by atoms with van der Waals surface area (Å²) in [5.74, 6) is -0.312. The van der Waals surface area contributed by atoms with Gasteiger partial charge in [0.25, 0.3) is 0 Å². The summed E-state index contributed by atoms with van der Waals surface area (Å²) >= 11 is 0. The van der Waals surface area contributed by atoms with Gasteiger partial charge < -0.3 is 26.4 Å². The number of hydrogen-bond acceptors (Lipinski definition) is 4. The molecule has 2 amide bonds. The first kappa shape index (κ1) is 24.2. The van der Waals surface area contributed by atoms with Crippen LogP contribution in [0.4, 0.5) is 9.59 Å². The topological polar surface area (TPSA) is 153 Å². The maximum absolute atomic E-state index is 11.2. The first-order chi connectivity index (χ1) is 11.4. The van der Waals surface area contributed by atoms with Crippen molar-refractivity contribution < 1.29 is 29.3 Å². The Hall–Kier alpha value is -3.03. The number of carbonyl (C=O) groups is 3. The van der Waals surface area contributed by atoms with Gasteiger partial charge in [0.05, 0.1) is 6.61 Å². The maximum Gasteiger partial charge on any atom is 0.402 e. The van der Waals surface area contributed by atoms with Crippen LogP contribution in [0.15, 0.2) is 24.3 Å². The largest absolute Gasteiger partial charge is 0.465 e. The van der Waals surface area contributed by atoms with Crippen molar-refractivity contribution in [1.82, 2.24) is 0 Å². The molecule has 8 heteroatoms. The first-order valence-electron chi connectivity index (χ1n) is 7.25. The molecular weight excluding hydrogens is 328 g/mol. The van der Waals surface area contributed by atoms with E-state index in [1.165, 1.54) is 22.3 Å². The van der Waals surface area contributed by atoms with Crippen LogP contribution in [-0.4, -0.2) is 35.0 Å². The van der Waals surface area contributed by atoms with Gasteiger partial charge in [-0.2, -0.15) is 0 Å². The van der Waals surface area contributed by atoms with E-state index in [1.807, 2.05) is 0 Å². The molecule has 25 heavy (non-hydrogen) atoms. The summed E-state index contributed by atoms with van der Waals surface area (Å²) in [6.45, 7) is 11.9. The predicted molar refractivity (Wildman–Crippen MR) is 94.6 cm³/mol. The summed E-state index contributed by atoms with van der Waals surface area (Å²) in [6, 6.07) is 4.23. The van der Waals surface area contributed by atoms with Gasteiger partial charge in [0.15, 0.2) is 0 Å². The second-order valence-electron chi connectivity index (χ2n) is 5.15. The average molecular weight is 354 g/mol. The molecule has 0 aliphatic rings. The molecule has 1 rings (SSSR count). The van der Waals surface area contributed by atoms with Gasteiger partial charge >= 0.3 is 18.2 Å². The molecule has 0 saturated carbocycles. The number of hydrogen-bond donors (Lipinski definition) is 4. The highest BCUT2D eigenvalue weighted by atomic mass is 16.5. The molecule has 8 nitrogen and oxygen atoms in total. The van der Waals surface area contributed by atoms with Gasteiger partial charge in [-0.25, -0.2) is 14.4 Å². The van der Waals surface area contributed by atoms with Gasteiger partial charge in [0.2, 0.25) is 0 Å². The molecule has 0 spiro atoms. The Morgan fingerprint density at radius 3 is 1.84 bits per heavy atom. The van der Waals surface area contributed by atoms with Crippen LogP contribution in [0.3, 0.4) is 0 Å². The molecule has 0 atom stereocenters. The number of esters is 1. The summed E-state index contributed by atoms with van der Waals surface area (Å²) in [5.41, 5.74) is 13.6. The van der Waals surface area contributed by atoms with Crippen LogP contribution in [0.25, 0.3) is 0 Å². The SMILES string of the molecule is C=C(C)C(=O)OCCc1c(C)ccc(C)c1C.NC(=O)O.NC(=O)O. The number of aryl methyl sites for hydroxylation is 2. The maximum atomic E-state index is 11.2. The van der Waals surface area contributed by atoms with E-state index in [0.717, 1.165) is 6.42 Å². The van der Waals surface area contributed by atoms with E-state index in [2.05, 4.69) is 51.0 Å². The number of primary amides is 2. The lowest BCUT2D eigenvalue weighted by Crippen LogP contribution is -2.09. The Bertz CT molecular complexity index is 606. The van der Waals surface area contributed by atoms with Crippen molar-refractivity contribution in [2.24, 2.45) is 11.5 Å². The predicted octanol–water partition coefficient (Wildman–Crippen LogP) is 2.52. The second-order valence-corrected chi connectivity index (χ2v) is 5.15. The minimum absolute atomic E-state index is 0.312. The Morgan fingerprint density at radius 1 is 1.04 bits per heavy atom. The first-order valence-corrected chi connectivity index (χ1v) is 7.25. The van der Waals surface area contributed by atoms with Crippen LogP contribution >= 0.6 is 0 Å². The highest BCUT2D eigenvalue weighted by Gasteiger charge is 2.07. The molecular formula is C17H26N2O6. The Morgan fingerprint density at radius 2 is 1.44 bits per heavy atom. The molecule has 0 bridgehead atoms. The lowest BCUT2D eigenvalue weighted by atomic mass is 9.96. The standard InChI is InChI=1S/C15H20O2.2CH3NO2/c1-10(2)15(16)17-9-8-14-12(4)7-6-11(3)13(14)5;2*2-1(3)4/h6-7H,1,8-9H2,2-5H3;2*2H2,(H,3,4). The van der Waals surface area contributed by atoms with Gasteiger partial charge in [0, 0.05) is 12.0 Å². The second kappa shape index (κ2) is 12.4. The number of rotatable bonds is 4. The van der Waals surface area contributed by atoms with Crippen LogP contribution in [0.2, 0.25) is 0 Å². The quantitative estimate of drug-likeness (QED) is 0.481. The van der Waals surface area contributed by atoms with Crippen molar-refractivity contribution in [2.45, 2.75) is 34.1 Å². The van der Waals surface area contributed by atoms with E-state index in [-0.39, 0.29) is 5.97 Å². The molecule has 0 aliphatic heterocycles. The monoisotopic (exact) mass is 354 g/mol. The minimum atomic E-state index is -1.33. The van der Waals surface area contributed by atoms with E-state index < -0.39 is 12.2 Å². The molecule has 0 aromatic heterocycles. The molecule has 0 saturated heterocycles. The van der Waals surface area contributed by atoms with Crippen molar-refractivity contribution in [3.8, 4) is 0 Å². The van der Waals surface area contributed by atoms with E-state index >= 15 is 0 Å². The zero-order valence-corrected chi connectivity index (χ0v) is 15.0. The van der Waals surface area contributed by atoms with Gasteiger partial charge in [-0.05, 0) is 49.9 Å². The van der Waals surface area contributed by atoms with Gasteiger partial charge in [0.1, 0.15) is 0 Å². The van der Waals surface area contributed by atoms with Crippen LogP contribution in [0, 0.1) is 20.8 Å². The van der Waals surface area contributed by atoms with Crippen molar-refractivity contribution in [3.63, 3.8) is 0 Å². The smallest absolute Gasteiger partial charge is 0.402 e. The zero-order chi connectivity index (χ0) is 20.2. The average Bonchev–Trinajstić information content (AvgIpc) is 2.45. The van der Waals surface area contributed by atoms with E-state index in [1.54, 1.807) is 6.92 Å². The van der Waals surface area contributed by atoms with Crippen LogP contribution in [0.1, 0.15) is 29.2 Å². The fraction of sp³-hybridized carbons (Fsp3) is 0.353. The Kier molecular flexibility index (Phi) is 12.0. The zero-order valence-electron chi connectivity index (χ0n) is 15.0. The number of nitrogens with two attached hydrogens (primary N) is 2. The van der Waals surface area contributed by atoms with Crippen molar-refractivity contribution in [1.29, 1.82) is 0 Å². The van der Waals surface area contributed by atoms with Crippen LogP contribution < -0.4 is 11.5 Å². The van der Waals surface area contributed by atoms with Crippen molar-refractivity contribution in [3.05, 3.63) is 46.5 Å². The van der Waals surface area contributed by atoms with Crippen LogP contribution in [-0.2, 0) is 16.0 Å². The molecule has 0 unspecified atom stereocenters. The normalized spacial score (nSPS) is 8.80. The Balaban J connectivity index is 0. The fourth-order valence-electron chi connectivity index (χ4n) is 1.76. The number of carbonyl (C=O) groups excluding carboxylic acids is 1. The molecule has 0 heterocycles.